The third kappa shape index (κ3) is 2.76. The third-order valence-electron chi connectivity index (χ3n) is 5.09. The van der Waals surface area contributed by atoms with Crippen molar-refractivity contribution in [3.63, 3.8) is 0 Å². The molecule has 0 radical (unpaired) electrons. The molecule has 2 fully saturated rings. The zero-order valence-corrected chi connectivity index (χ0v) is 13.5. The summed E-state index contributed by atoms with van der Waals surface area (Å²) in [6.45, 7) is 5.08. The average molecular weight is 303 g/mol. The van der Waals surface area contributed by atoms with E-state index in [9.17, 15) is 9.59 Å². The summed E-state index contributed by atoms with van der Waals surface area (Å²) in [4.78, 5) is 29.1. The number of piperidine rings is 1. The number of rotatable bonds is 2. The number of nitrogens with zero attached hydrogens (tertiary/aromatic N) is 3. The molecule has 1 unspecified atom stereocenters. The van der Waals surface area contributed by atoms with Gasteiger partial charge in [-0.3, -0.25) is 9.59 Å². The summed E-state index contributed by atoms with van der Waals surface area (Å²) in [6.07, 6.45) is 5.97. The Kier molecular flexibility index (Phi) is 4.23. The lowest BCUT2D eigenvalue weighted by molar-refractivity contribution is -0.135. The predicted molar refractivity (Wildman–Crippen MR) is 84.6 cm³/mol. The van der Waals surface area contributed by atoms with Crippen LogP contribution in [0.4, 0.5) is 0 Å². The van der Waals surface area contributed by atoms with Gasteiger partial charge in [0, 0.05) is 45.1 Å². The van der Waals surface area contributed by atoms with Gasteiger partial charge in [0.05, 0.1) is 11.5 Å². The van der Waals surface area contributed by atoms with Crippen LogP contribution in [0.15, 0.2) is 12.3 Å². The number of amides is 2. The molecule has 0 N–H and O–H groups in total. The van der Waals surface area contributed by atoms with E-state index in [0.29, 0.717) is 6.54 Å². The standard InChI is InChI=1S/C17H25N3O2/c1-13-15(7-11-18(13)2)17(22)20-10-5-6-14(12-20)16(21)19-8-3-4-9-19/h7,11,14H,3-6,8-10,12H2,1-2H3. The molecule has 1 aromatic heterocycles. The second-order valence-corrected chi connectivity index (χ2v) is 6.55. The van der Waals surface area contributed by atoms with Gasteiger partial charge >= 0.3 is 0 Å². The summed E-state index contributed by atoms with van der Waals surface area (Å²) in [6, 6.07) is 1.88. The van der Waals surface area contributed by atoms with Crippen LogP contribution in [0.25, 0.3) is 0 Å². The fourth-order valence-corrected chi connectivity index (χ4v) is 3.56. The molecule has 5 heteroatoms. The molecule has 1 aromatic rings. The van der Waals surface area contributed by atoms with Crippen molar-refractivity contribution in [1.29, 1.82) is 0 Å². The summed E-state index contributed by atoms with van der Waals surface area (Å²) in [5.41, 5.74) is 1.75. The first-order valence-corrected chi connectivity index (χ1v) is 8.28. The molecule has 1 atom stereocenters. The minimum atomic E-state index is -0.0141. The highest BCUT2D eigenvalue weighted by molar-refractivity contribution is 5.96. The SMILES string of the molecule is Cc1c(C(=O)N2CCCC(C(=O)N3CCCC3)C2)ccn1C. The molecular formula is C17H25N3O2. The number of hydrogen-bond donors (Lipinski definition) is 0. The van der Waals surface area contributed by atoms with Crippen molar-refractivity contribution in [3.05, 3.63) is 23.5 Å². The minimum Gasteiger partial charge on any atom is -0.354 e. The first-order chi connectivity index (χ1) is 10.6. The minimum absolute atomic E-state index is 0.0141. The van der Waals surface area contributed by atoms with Crippen molar-refractivity contribution >= 4 is 11.8 Å². The molecule has 3 rings (SSSR count). The monoisotopic (exact) mass is 303 g/mol. The number of carbonyl (C=O) groups is 2. The summed E-state index contributed by atoms with van der Waals surface area (Å²) in [7, 11) is 1.95. The van der Waals surface area contributed by atoms with E-state index in [1.54, 1.807) is 0 Å². The van der Waals surface area contributed by atoms with E-state index in [1.165, 1.54) is 0 Å². The summed E-state index contributed by atoms with van der Waals surface area (Å²) >= 11 is 0. The molecular weight excluding hydrogens is 278 g/mol. The number of aromatic nitrogens is 1. The van der Waals surface area contributed by atoms with Crippen LogP contribution in [0.1, 0.15) is 41.7 Å². The fourth-order valence-electron chi connectivity index (χ4n) is 3.56. The van der Waals surface area contributed by atoms with Crippen LogP contribution in [0.2, 0.25) is 0 Å². The second kappa shape index (κ2) is 6.15. The van der Waals surface area contributed by atoms with Crippen LogP contribution in [-0.2, 0) is 11.8 Å². The van der Waals surface area contributed by atoms with Gasteiger partial charge < -0.3 is 14.4 Å². The molecule has 2 amide bonds. The van der Waals surface area contributed by atoms with Gasteiger partial charge in [-0.1, -0.05) is 0 Å². The first-order valence-electron chi connectivity index (χ1n) is 8.28. The Morgan fingerprint density at radius 2 is 1.77 bits per heavy atom. The van der Waals surface area contributed by atoms with Crippen molar-refractivity contribution in [1.82, 2.24) is 14.4 Å². The van der Waals surface area contributed by atoms with Gasteiger partial charge in [-0.05, 0) is 38.7 Å². The smallest absolute Gasteiger partial charge is 0.255 e. The summed E-state index contributed by atoms with van der Waals surface area (Å²) < 4.78 is 1.96. The van der Waals surface area contributed by atoms with Gasteiger partial charge in [-0.25, -0.2) is 0 Å². The van der Waals surface area contributed by atoms with Crippen LogP contribution in [0.3, 0.4) is 0 Å². The topological polar surface area (TPSA) is 45.6 Å². The molecule has 2 saturated heterocycles. The van der Waals surface area contributed by atoms with Crippen LogP contribution >= 0.6 is 0 Å². The average Bonchev–Trinajstić information content (AvgIpc) is 3.18. The molecule has 0 bridgehead atoms. The number of carbonyl (C=O) groups excluding carboxylic acids is 2. The highest BCUT2D eigenvalue weighted by Crippen LogP contribution is 2.23. The lowest BCUT2D eigenvalue weighted by atomic mass is 9.96. The normalized spacial score (nSPS) is 22.2. The van der Waals surface area contributed by atoms with Crippen LogP contribution in [0, 0.1) is 12.8 Å². The lowest BCUT2D eigenvalue weighted by Gasteiger charge is -2.34. The van der Waals surface area contributed by atoms with Crippen molar-refractivity contribution in [2.45, 2.75) is 32.6 Å². The molecule has 2 aliphatic heterocycles. The maximum atomic E-state index is 12.7. The maximum Gasteiger partial charge on any atom is 0.255 e. The van der Waals surface area contributed by atoms with Gasteiger partial charge in [0.1, 0.15) is 0 Å². The molecule has 0 saturated carbocycles. The molecule has 0 spiro atoms. The Hall–Kier alpha value is -1.78. The fraction of sp³-hybridized carbons (Fsp3) is 0.647. The zero-order valence-electron chi connectivity index (χ0n) is 13.5. The molecule has 2 aliphatic rings. The van der Waals surface area contributed by atoms with E-state index in [4.69, 9.17) is 0 Å². The third-order valence-corrected chi connectivity index (χ3v) is 5.09. The molecule has 120 valence electrons. The Morgan fingerprint density at radius 1 is 1.09 bits per heavy atom. The molecule has 5 nitrogen and oxygen atoms in total. The van der Waals surface area contributed by atoms with Crippen LogP contribution < -0.4 is 0 Å². The number of hydrogen-bond acceptors (Lipinski definition) is 2. The number of aryl methyl sites for hydroxylation is 1. The highest BCUT2D eigenvalue weighted by Gasteiger charge is 2.32. The maximum absolute atomic E-state index is 12.7. The Bertz CT molecular complexity index is 572. The summed E-state index contributed by atoms with van der Waals surface area (Å²) in [5, 5.41) is 0. The van der Waals surface area contributed by atoms with Crippen molar-refractivity contribution in [2.24, 2.45) is 13.0 Å². The zero-order chi connectivity index (χ0) is 15.7. The highest BCUT2D eigenvalue weighted by atomic mass is 16.2. The largest absolute Gasteiger partial charge is 0.354 e. The molecule has 0 aliphatic carbocycles. The van der Waals surface area contributed by atoms with E-state index in [0.717, 1.165) is 56.6 Å². The van der Waals surface area contributed by atoms with E-state index < -0.39 is 0 Å². The van der Waals surface area contributed by atoms with Gasteiger partial charge in [0.15, 0.2) is 0 Å². The molecule has 22 heavy (non-hydrogen) atoms. The van der Waals surface area contributed by atoms with Crippen LogP contribution in [0.5, 0.6) is 0 Å². The van der Waals surface area contributed by atoms with E-state index in [-0.39, 0.29) is 17.7 Å². The Morgan fingerprint density at radius 3 is 2.41 bits per heavy atom. The molecule has 3 heterocycles. The quantitative estimate of drug-likeness (QED) is 0.836. The Labute approximate surface area is 131 Å². The van der Waals surface area contributed by atoms with Gasteiger partial charge in [0.2, 0.25) is 5.91 Å². The van der Waals surface area contributed by atoms with E-state index in [2.05, 4.69) is 0 Å². The van der Waals surface area contributed by atoms with Crippen LogP contribution in [-0.4, -0.2) is 52.4 Å². The number of likely N-dealkylation sites (tertiary alicyclic amines) is 2. The summed E-state index contributed by atoms with van der Waals surface area (Å²) in [5.74, 6) is 0.302. The molecule has 0 aromatic carbocycles. The van der Waals surface area contributed by atoms with Gasteiger partial charge in [0.25, 0.3) is 5.91 Å². The predicted octanol–water partition coefficient (Wildman–Crippen LogP) is 1.81. The van der Waals surface area contributed by atoms with Gasteiger partial charge in [-0.15, -0.1) is 0 Å². The van der Waals surface area contributed by atoms with Crippen molar-refractivity contribution in [3.8, 4) is 0 Å². The van der Waals surface area contributed by atoms with E-state index in [1.807, 2.05) is 40.6 Å². The Balaban J connectivity index is 1.68. The van der Waals surface area contributed by atoms with Gasteiger partial charge in [-0.2, -0.15) is 0 Å². The second-order valence-electron chi connectivity index (χ2n) is 6.55. The first kappa shape index (κ1) is 15.1. The van der Waals surface area contributed by atoms with E-state index >= 15 is 0 Å². The lowest BCUT2D eigenvalue weighted by Crippen LogP contribution is -2.46. The van der Waals surface area contributed by atoms with Crippen molar-refractivity contribution < 1.29 is 9.59 Å². The van der Waals surface area contributed by atoms with Crippen molar-refractivity contribution in [2.75, 3.05) is 26.2 Å².